The van der Waals surface area contributed by atoms with Crippen LogP contribution in [0.4, 0.5) is 0 Å². The quantitative estimate of drug-likeness (QED) is 0.908. The minimum atomic E-state index is -0.238. The van der Waals surface area contributed by atoms with Crippen molar-refractivity contribution < 1.29 is 4.79 Å². The van der Waals surface area contributed by atoms with E-state index in [4.69, 9.17) is 0 Å². The number of hydrogen-bond donors (Lipinski definition) is 2. The molecular formula is C14H22N4OS. The number of fused-ring (bicyclic) bond motifs is 1. The lowest BCUT2D eigenvalue weighted by Crippen LogP contribution is -2.49. The number of nitrogens with zero attached hydrogens (tertiary/aromatic N) is 2. The second kappa shape index (κ2) is 5.54. The standard InChI is InChI=1S/C14H22N4OS/c1-9-11(18-6-7-20-13(18)16-9)8-15-10(2)12(19)17-14(3,4)5/h6-7,10,15H,8H2,1-5H3,(H,17,19). The largest absolute Gasteiger partial charge is 0.350 e. The van der Waals surface area contributed by atoms with Gasteiger partial charge in [0.15, 0.2) is 4.96 Å². The predicted molar refractivity (Wildman–Crippen MR) is 82.0 cm³/mol. The Morgan fingerprint density at radius 2 is 2.20 bits per heavy atom. The van der Waals surface area contributed by atoms with Crippen LogP contribution in [0.15, 0.2) is 11.6 Å². The van der Waals surface area contributed by atoms with Crippen LogP contribution in [-0.2, 0) is 11.3 Å². The van der Waals surface area contributed by atoms with Gasteiger partial charge in [-0.05, 0) is 34.6 Å². The van der Waals surface area contributed by atoms with E-state index in [1.807, 2.05) is 46.2 Å². The number of aromatic nitrogens is 2. The fourth-order valence-corrected chi connectivity index (χ4v) is 2.75. The second-order valence-electron chi connectivity index (χ2n) is 6.04. The number of aryl methyl sites for hydroxylation is 1. The third-order valence-corrected chi connectivity index (χ3v) is 3.79. The number of rotatable bonds is 4. The summed E-state index contributed by atoms with van der Waals surface area (Å²) < 4.78 is 2.07. The van der Waals surface area contributed by atoms with Crippen molar-refractivity contribution in [2.75, 3.05) is 0 Å². The van der Waals surface area contributed by atoms with Gasteiger partial charge in [0.1, 0.15) is 0 Å². The summed E-state index contributed by atoms with van der Waals surface area (Å²) in [5.74, 6) is 0.0150. The summed E-state index contributed by atoms with van der Waals surface area (Å²) in [7, 11) is 0. The molecule has 1 atom stereocenters. The minimum absolute atomic E-state index is 0.0150. The van der Waals surface area contributed by atoms with Gasteiger partial charge in [0, 0.05) is 23.7 Å². The summed E-state index contributed by atoms with van der Waals surface area (Å²) in [6.07, 6.45) is 2.01. The molecule has 0 aliphatic carbocycles. The minimum Gasteiger partial charge on any atom is -0.350 e. The fourth-order valence-electron chi connectivity index (χ4n) is 1.97. The van der Waals surface area contributed by atoms with Gasteiger partial charge >= 0.3 is 0 Å². The molecule has 1 unspecified atom stereocenters. The zero-order valence-electron chi connectivity index (χ0n) is 12.7. The molecule has 2 rings (SSSR count). The number of carbonyl (C=O) groups is 1. The van der Waals surface area contributed by atoms with E-state index in [1.54, 1.807) is 11.3 Å². The highest BCUT2D eigenvalue weighted by Crippen LogP contribution is 2.16. The Morgan fingerprint density at radius 3 is 2.85 bits per heavy atom. The van der Waals surface area contributed by atoms with Crippen LogP contribution in [-0.4, -0.2) is 26.9 Å². The van der Waals surface area contributed by atoms with Gasteiger partial charge in [-0.25, -0.2) is 4.98 Å². The molecule has 2 heterocycles. The summed E-state index contributed by atoms with van der Waals surface area (Å²) in [6, 6.07) is -0.238. The number of amides is 1. The van der Waals surface area contributed by atoms with Crippen molar-refractivity contribution in [3.05, 3.63) is 23.0 Å². The Balaban J connectivity index is 1.99. The SMILES string of the molecule is Cc1nc2sccn2c1CNC(C)C(=O)NC(C)(C)C. The molecule has 0 saturated heterocycles. The normalized spacial score (nSPS) is 13.7. The maximum atomic E-state index is 12.0. The van der Waals surface area contributed by atoms with Gasteiger partial charge in [-0.15, -0.1) is 11.3 Å². The summed E-state index contributed by atoms with van der Waals surface area (Å²) in [5.41, 5.74) is 1.91. The van der Waals surface area contributed by atoms with Gasteiger partial charge < -0.3 is 10.6 Å². The molecule has 2 aromatic rings. The van der Waals surface area contributed by atoms with Crippen LogP contribution in [0.3, 0.4) is 0 Å². The maximum absolute atomic E-state index is 12.0. The molecule has 0 radical (unpaired) electrons. The Labute approximate surface area is 123 Å². The molecule has 2 aromatic heterocycles. The highest BCUT2D eigenvalue weighted by atomic mass is 32.1. The first kappa shape index (κ1) is 15.0. The average Bonchev–Trinajstić information content (AvgIpc) is 2.84. The first-order valence-electron chi connectivity index (χ1n) is 6.74. The van der Waals surface area contributed by atoms with E-state index < -0.39 is 0 Å². The Morgan fingerprint density at radius 1 is 1.50 bits per heavy atom. The van der Waals surface area contributed by atoms with E-state index in [-0.39, 0.29) is 17.5 Å². The van der Waals surface area contributed by atoms with Crippen molar-refractivity contribution in [3.63, 3.8) is 0 Å². The molecular weight excluding hydrogens is 272 g/mol. The topological polar surface area (TPSA) is 58.4 Å². The van der Waals surface area contributed by atoms with E-state index in [2.05, 4.69) is 20.0 Å². The molecule has 0 fully saturated rings. The molecule has 0 aliphatic heterocycles. The van der Waals surface area contributed by atoms with Crippen LogP contribution in [0.1, 0.15) is 39.1 Å². The lowest BCUT2D eigenvalue weighted by molar-refractivity contribution is -0.124. The van der Waals surface area contributed by atoms with Gasteiger partial charge in [0.2, 0.25) is 5.91 Å². The molecule has 6 heteroatoms. The van der Waals surface area contributed by atoms with Crippen LogP contribution >= 0.6 is 11.3 Å². The summed E-state index contributed by atoms with van der Waals surface area (Å²) in [4.78, 5) is 17.5. The Kier molecular flexibility index (Phi) is 4.15. The van der Waals surface area contributed by atoms with Crippen molar-refractivity contribution in [1.29, 1.82) is 0 Å². The molecule has 20 heavy (non-hydrogen) atoms. The van der Waals surface area contributed by atoms with Crippen LogP contribution in [0.25, 0.3) is 4.96 Å². The Bertz CT molecular complexity index is 608. The first-order valence-corrected chi connectivity index (χ1v) is 7.62. The van der Waals surface area contributed by atoms with Crippen molar-refractivity contribution in [1.82, 2.24) is 20.0 Å². The lowest BCUT2D eigenvalue weighted by Gasteiger charge is -2.23. The summed E-state index contributed by atoms with van der Waals surface area (Å²) >= 11 is 1.62. The summed E-state index contributed by atoms with van der Waals surface area (Å²) in [5, 5.41) is 8.25. The van der Waals surface area contributed by atoms with Gasteiger partial charge in [0.25, 0.3) is 0 Å². The first-order chi connectivity index (χ1) is 9.28. The van der Waals surface area contributed by atoms with E-state index in [0.717, 1.165) is 16.3 Å². The summed E-state index contributed by atoms with van der Waals surface area (Å²) in [6.45, 7) is 10.4. The van der Waals surface area contributed by atoms with E-state index in [0.29, 0.717) is 6.54 Å². The van der Waals surface area contributed by atoms with Crippen molar-refractivity contribution in [3.8, 4) is 0 Å². The highest BCUT2D eigenvalue weighted by molar-refractivity contribution is 7.15. The molecule has 0 saturated carbocycles. The lowest BCUT2D eigenvalue weighted by atomic mass is 10.1. The molecule has 5 nitrogen and oxygen atoms in total. The number of thiazole rings is 1. The van der Waals surface area contributed by atoms with Crippen LogP contribution < -0.4 is 10.6 Å². The maximum Gasteiger partial charge on any atom is 0.237 e. The van der Waals surface area contributed by atoms with Crippen molar-refractivity contribution in [2.24, 2.45) is 0 Å². The molecule has 0 spiro atoms. The van der Waals surface area contributed by atoms with Crippen molar-refractivity contribution >= 4 is 22.2 Å². The van der Waals surface area contributed by atoms with E-state index >= 15 is 0 Å². The van der Waals surface area contributed by atoms with Gasteiger partial charge in [-0.3, -0.25) is 9.20 Å². The van der Waals surface area contributed by atoms with Crippen LogP contribution in [0.5, 0.6) is 0 Å². The average molecular weight is 294 g/mol. The number of hydrogen-bond acceptors (Lipinski definition) is 4. The van der Waals surface area contributed by atoms with Crippen LogP contribution in [0, 0.1) is 6.92 Å². The van der Waals surface area contributed by atoms with Crippen molar-refractivity contribution in [2.45, 2.75) is 52.7 Å². The zero-order valence-corrected chi connectivity index (χ0v) is 13.5. The molecule has 2 N–H and O–H groups in total. The fraction of sp³-hybridized carbons (Fsp3) is 0.571. The number of nitrogens with one attached hydrogen (secondary N) is 2. The van der Waals surface area contributed by atoms with Crippen LogP contribution in [0.2, 0.25) is 0 Å². The predicted octanol–water partition coefficient (Wildman–Crippen LogP) is 2.10. The van der Waals surface area contributed by atoms with Gasteiger partial charge in [-0.1, -0.05) is 0 Å². The molecule has 1 amide bonds. The third-order valence-electron chi connectivity index (χ3n) is 3.03. The molecule has 0 aromatic carbocycles. The van der Waals surface area contributed by atoms with E-state index in [1.165, 1.54) is 0 Å². The van der Waals surface area contributed by atoms with Gasteiger partial charge in [-0.2, -0.15) is 0 Å². The highest BCUT2D eigenvalue weighted by Gasteiger charge is 2.19. The van der Waals surface area contributed by atoms with E-state index in [9.17, 15) is 4.79 Å². The second-order valence-corrected chi connectivity index (χ2v) is 6.91. The number of imidazole rings is 1. The molecule has 0 bridgehead atoms. The Hall–Kier alpha value is -1.40. The van der Waals surface area contributed by atoms with Gasteiger partial charge in [0.05, 0.1) is 17.4 Å². The smallest absolute Gasteiger partial charge is 0.237 e. The third kappa shape index (κ3) is 3.37. The monoisotopic (exact) mass is 294 g/mol. The molecule has 110 valence electrons. The number of carbonyl (C=O) groups excluding carboxylic acids is 1. The zero-order chi connectivity index (χ0) is 14.9. The molecule has 0 aliphatic rings.